The van der Waals surface area contributed by atoms with Crippen molar-refractivity contribution in [2.24, 2.45) is 0 Å². The van der Waals surface area contributed by atoms with Crippen LogP contribution in [-0.4, -0.2) is 41.4 Å². The lowest BCUT2D eigenvalue weighted by Gasteiger charge is -2.41. The van der Waals surface area contributed by atoms with E-state index in [2.05, 4.69) is 60.6 Å². The Labute approximate surface area is 150 Å². The highest BCUT2D eigenvalue weighted by molar-refractivity contribution is 6.01. The van der Waals surface area contributed by atoms with Gasteiger partial charge < -0.3 is 5.32 Å². The van der Waals surface area contributed by atoms with Gasteiger partial charge in [0.25, 0.3) is 0 Å². The molecule has 2 aliphatic rings. The molecule has 25 heavy (non-hydrogen) atoms. The maximum Gasteiger partial charge on any atom is 0.249 e. The van der Waals surface area contributed by atoms with Crippen molar-refractivity contribution in [2.75, 3.05) is 18.4 Å². The number of piperidine rings is 2. The van der Waals surface area contributed by atoms with Gasteiger partial charge in [-0.2, -0.15) is 0 Å². The fourth-order valence-electron chi connectivity index (χ4n) is 3.77. The molecule has 0 aromatic heterocycles. The third kappa shape index (κ3) is 4.40. The number of hydrogen-bond acceptors (Lipinski definition) is 4. The second kappa shape index (κ2) is 7.16. The van der Waals surface area contributed by atoms with Crippen LogP contribution >= 0.6 is 0 Å². The molecule has 2 aliphatic heterocycles. The summed E-state index contributed by atoms with van der Waals surface area (Å²) in [6, 6.07) is 8.13. The molecule has 0 aliphatic carbocycles. The Balaban J connectivity index is 1.56. The Morgan fingerprint density at radius 2 is 1.68 bits per heavy atom. The molecule has 1 aromatic carbocycles. The molecular formula is C20H29N3O2. The van der Waals surface area contributed by atoms with E-state index in [1.165, 1.54) is 18.4 Å². The van der Waals surface area contributed by atoms with Gasteiger partial charge in [-0.3, -0.25) is 19.8 Å². The van der Waals surface area contributed by atoms with E-state index in [0.29, 0.717) is 18.8 Å². The van der Waals surface area contributed by atoms with Crippen LogP contribution in [0.3, 0.4) is 0 Å². The molecule has 1 aromatic rings. The number of carbonyl (C=O) groups is 2. The number of nitrogens with one attached hydrogen (secondary N) is 2. The highest BCUT2D eigenvalue weighted by Crippen LogP contribution is 2.31. The predicted molar refractivity (Wildman–Crippen MR) is 99.5 cm³/mol. The van der Waals surface area contributed by atoms with Crippen molar-refractivity contribution in [1.29, 1.82) is 0 Å². The van der Waals surface area contributed by atoms with Crippen molar-refractivity contribution in [3.63, 3.8) is 0 Å². The normalized spacial score (nSPS) is 23.4. The molecule has 0 radical (unpaired) electrons. The van der Waals surface area contributed by atoms with Gasteiger partial charge in [-0.1, -0.05) is 12.1 Å². The van der Waals surface area contributed by atoms with Crippen LogP contribution in [0.15, 0.2) is 24.3 Å². The van der Waals surface area contributed by atoms with E-state index in [9.17, 15) is 9.59 Å². The van der Waals surface area contributed by atoms with Crippen molar-refractivity contribution in [1.82, 2.24) is 10.2 Å². The van der Waals surface area contributed by atoms with E-state index in [1.54, 1.807) is 0 Å². The van der Waals surface area contributed by atoms with Crippen molar-refractivity contribution in [2.45, 2.75) is 64.0 Å². The fourth-order valence-corrected chi connectivity index (χ4v) is 3.77. The zero-order valence-electron chi connectivity index (χ0n) is 15.5. The maximum atomic E-state index is 11.8. The van der Waals surface area contributed by atoms with Gasteiger partial charge in [0.15, 0.2) is 0 Å². The lowest BCUT2D eigenvalue weighted by atomic mass is 9.87. The second-order valence-electron chi connectivity index (χ2n) is 8.20. The summed E-state index contributed by atoms with van der Waals surface area (Å²) in [5.41, 5.74) is 2.56. The highest BCUT2D eigenvalue weighted by Gasteiger charge is 2.28. The summed E-state index contributed by atoms with van der Waals surface area (Å²) in [7, 11) is 0. The number of imide groups is 1. The van der Waals surface area contributed by atoms with E-state index >= 15 is 0 Å². The minimum Gasteiger partial charge on any atom is -0.374 e. The van der Waals surface area contributed by atoms with Crippen LogP contribution in [0.4, 0.5) is 5.69 Å². The summed E-state index contributed by atoms with van der Waals surface area (Å²) in [5.74, 6) is 0.207. The first-order chi connectivity index (χ1) is 11.8. The van der Waals surface area contributed by atoms with Gasteiger partial charge in [0.05, 0.1) is 0 Å². The van der Waals surface area contributed by atoms with Gasteiger partial charge in [-0.05, 0) is 76.7 Å². The zero-order valence-corrected chi connectivity index (χ0v) is 15.5. The van der Waals surface area contributed by atoms with Gasteiger partial charge >= 0.3 is 0 Å². The van der Waals surface area contributed by atoms with E-state index < -0.39 is 0 Å². The molecule has 2 saturated heterocycles. The number of likely N-dealkylation sites (tertiary alicyclic amines) is 1. The summed E-state index contributed by atoms with van der Waals surface area (Å²) in [5, 5.41) is 5.62. The number of carbonyl (C=O) groups excluding carboxylic acids is 2. The molecule has 136 valence electrons. The number of rotatable bonds is 3. The van der Waals surface area contributed by atoms with Gasteiger partial charge in [0.2, 0.25) is 11.8 Å². The molecule has 2 N–H and O–H groups in total. The molecule has 2 amide bonds. The van der Waals surface area contributed by atoms with Crippen LogP contribution in [0, 0.1) is 0 Å². The molecule has 5 nitrogen and oxygen atoms in total. The monoisotopic (exact) mass is 343 g/mol. The van der Waals surface area contributed by atoms with Crippen LogP contribution in [0.1, 0.15) is 57.9 Å². The van der Waals surface area contributed by atoms with E-state index in [-0.39, 0.29) is 23.4 Å². The lowest BCUT2D eigenvalue weighted by Crippen LogP contribution is -2.47. The average molecular weight is 343 g/mol. The third-order valence-corrected chi connectivity index (χ3v) is 5.41. The molecule has 3 rings (SSSR count). The van der Waals surface area contributed by atoms with Crippen molar-refractivity contribution in [3.05, 3.63) is 29.8 Å². The molecular weight excluding hydrogens is 314 g/mol. The van der Waals surface area contributed by atoms with Gasteiger partial charge in [-0.15, -0.1) is 0 Å². The molecule has 0 bridgehead atoms. The Morgan fingerprint density at radius 1 is 1.04 bits per heavy atom. The number of amides is 2. The quantitative estimate of drug-likeness (QED) is 0.829. The molecule has 5 heteroatoms. The van der Waals surface area contributed by atoms with Gasteiger partial charge in [-0.25, -0.2) is 0 Å². The zero-order chi connectivity index (χ0) is 18.0. The van der Waals surface area contributed by atoms with Gasteiger partial charge in [0.1, 0.15) is 6.04 Å². The smallest absolute Gasteiger partial charge is 0.249 e. The van der Waals surface area contributed by atoms with Crippen molar-refractivity contribution >= 4 is 17.5 Å². The molecule has 2 heterocycles. The summed E-state index contributed by atoms with van der Waals surface area (Å²) < 4.78 is 0. The SMILES string of the molecule is CC(C)(C)N1CCC(c2ccc(NC3CCC(=O)NC3=O)cc2)CC1. The molecule has 1 unspecified atom stereocenters. The van der Waals surface area contributed by atoms with Crippen LogP contribution in [0.2, 0.25) is 0 Å². The maximum absolute atomic E-state index is 11.8. The summed E-state index contributed by atoms with van der Waals surface area (Å²) in [4.78, 5) is 25.6. The molecule has 2 fully saturated rings. The topological polar surface area (TPSA) is 61.4 Å². The molecule has 1 atom stereocenters. The molecule has 0 saturated carbocycles. The van der Waals surface area contributed by atoms with Crippen LogP contribution in [0.5, 0.6) is 0 Å². The number of hydrogen-bond donors (Lipinski definition) is 2. The third-order valence-electron chi connectivity index (χ3n) is 5.41. The summed E-state index contributed by atoms with van der Waals surface area (Å²) in [6.45, 7) is 9.13. The lowest BCUT2D eigenvalue weighted by molar-refractivity contribution is -0.133. The van der Waals surface area contributed by atoms with Crippen molar-refractivity contribution in [3.8, 4) is 0 Å². The minimum absolute atomic E-state index is 0.181. The fraction of sp³-hybridized carbons (Fsp3) is 0.600. The van der Waals surface area contributed by atoms with E-state index in [0.717, 1.165) is 18.8 Å². The predicted octanol–water partition coefficient (Wildman–Crippen LogP) is 2.88. The first-order valence-corrected chi connectivity index (χ1v) is 9.28. The number of nitrogens with zero attached hydrogens (tertiary/aromatic N) is 1. The Hall–Kier alpha value is -1.88. The van der Waals surface area contributed by atoms with Crippen LogP contribution < -0.4 is 10.6 Å². The largest absolute Gasteiger partial charge is 0.374 e. The van der Waals surface area contributed by atoms with Gasteiger partial charge in [0, 0.05) is 17.6 Å². The Morgan fingerprint density at radius 3 is 2.24 bits per heavy atom. The van der Waals surface area contributed by atoms with Crippen LogP contribution in [-0.2, 0) is 9.59 Å². The average Bonchev–Trinajstić information content (AvgIpc) is 2.57. The minimum atomic E-state index is -0.321. The Kier molecular flexibility index (Phi) is 5.13. The van der Waals surface area contributed by atoms with Crippen molar-refractivity contribution < 1.29 is 9.59 Å². The molecule has 0 spiro atoms. The van der Waals surface area contributed by atoms with E-state index in [4.69, 9.17) is 0 Å². The Bertz CT molecular complexity index is 625. The summed E-state index contributed by atoms with van der Waals surface area (Å²) in [6.07, 6.45) is 3.33. The number of anilines is 1. The standard InChI is InChI=1S/C20H29N3O2/c1-20(2,3)23-12-10-15(11-13-23)14-4-6-16(7-5-14)21-17-8-9-18(24)22-19(17)25/h4-7,15,17,21H,8-13H2,1-3H3,(H,22,24,25). The van der Waals surface area contributed by atoms with E-state index in [1.807, 2.05) is 0 Å². The first-order valence-electron chi connectivity index (χ1n) is 9.28. The van der Waals surface area contributed by atoms with Crippen LogP contribution in [0.25, 0.3) is 0 Å². The highest BCUT2D eigenvalue weighted by atomic mass is 16.2. The second-order valence-corrected chi connectivity index (χ2v) is 8.20. The number of benzene rings is 1. The summed E-state index contributed by atoms with van der Waals surface area (Å²) >= 11 is 0. The first kappa shape index (κ1) is 17.9.